The van der Waals surface area contributed by atoms with Crippen molar-refractivity contribution in [2.24, 2.45) is 0 Å². The van der Waals surface area contributed by atoms with Gasteiger partial charge in [-0.3, -0.25) is 9.59 Å². The zero-order chi connectivity index (χ0) is 18.5. The Balaban J connectivity index is 1.78. The van der Waals surface area contributed by atoms with Gasteiger partial charge < -0.3 is 15.5 Å². The lowest BCUT2D eigenvalue weighted by molar-refractivity contribution is -0.133. The number of nitrogens with two attached hydrogens (primary N) is 1. The Labute approximate surface area is 153 Å². The van der Waals surface area contributed by atoms with Gasteiger partial charge in [0.2, 0.25) is 5.91 Å². The van der Waals surface area contributed by atoms with Gasteiger partial charge in [0.1, 0.15) is 5.82 Å². The Kier molecular flexibility index (Phi) is 5.51. The van der Waals surface area contributed by atoms with Gasteiger partial charge in [0, 0.05) is 43.9 Å². The molecule has 1 aromatic heterocycles. The quantitative estimate of drug-likeness (QED) is 0.916. The van der Waals surface area contributed by atoms with Crippen LogP contribution in [0.2, 0.25) is 0 Å². The highest BCUT2D eigenvalue weighted by Crippen LogP contribution is 2.19. The van der Waals surface area contributed by atoms with Gasteiger partial charge in [-0.2, -0.15) is 0 Å². The Morgan fingerprint density at radius 1 is 1.27 bits per heavy atom. The van der Waals surface area contributed by atoms with E-state index in [1.807, 2.05) is 42.2 Å². The number of nitrogen functional groups attached to an aromatic ring is 1. The topological polar surface area (TPSA) is 79.5 Å². The second-order valence-electron chi connectivity index (χ2n) is 6.54. The van der Waals surface area contributed by atoms with Crippen molar-refractivity contribution in [2.45, 2.75) is 32.4 Å². The molecule has 2 heterocycles. The lowest BCUT2D eigenvalue weighted by Gasteiger charge is -2.31. The maximum absolute atomic E-state index is 12.9. The van der Waals surface area contributed by atoms with E-state index in [0.29, 0.717) is 37.4 Å². The third kappa shape index (κ3) is 4.02. The summed E-state index contributed by atoms with van der Waals surface area (Å²) in [5, 5.41) is 0. The minimum atomic E-state index is -0.105. The number of hydrogen-bond donors (Lipinski definition) is 1. The summed E-state index contributed by atoms with van der Waals surface area (Å²) < 4.78 is 0. The van der Waals surface area contributed by atoms with Crippen LogP contribution in [-0.2, 0) is 11.3 Å². The lowest BCUT2D eigenvalue weighted by atomic mass is 10.1. The molecule has 0 bridgehead atoms. The van der Waals surface area contributed by atoms with Gasteiger partial charge >= 0.3 is 0 Å². The first-order valence-electron chi connectivity index (χ1n) is 8.92. The van der Waals surface area contributed by atoms with Crippen molar-refractivity contribution in [1.29, 1.82) is 0 Å². The van der Waals surface area contributed by atoms with Crippen molar-refractivity contribution in [2.75, 3.05) is 18.8 Å². The van der Waals surface area contributed by atoms with E-state index < -0.39 is 0 Å². The summed E-state index contributed by atoms with van der Waals surface area (Å²) in [5.74, 6) is 0.302. The van der Waals surface area contributed by atoms with Gasteiger partial charge in [-0.25, -0.2) is 4.98 Å². The van der Waals surface area contributed by atoms with Crippen LogP contribution in [0.25, 0.3) is 0 Å². The van der Waals surface area contributed by atoms with Gasteiger partial charge in [-0.05, 0) is 24.1 Å². The maximum Gasteiger partial charge on any atom is 0.254 e. The van der Waals surface area contributed by atoms with Crippen LogP contribution in [0.1, 0.15) is 35.7 Å². The monoisotopic (exact) mass is 352 g/mol. The molecule has 1 aliphatic heterocycles. The molecule has 0 saturated carbocycles. The maximum atomic E-state index is 12.9. The number of hydrogen-bond acceptors (Lipinski definition) is 4. The number of anilines is 1. The Hall–Kier alpha value is -2.89. The Morgan fingerprint density at radius 3 is 2.73 bits per heavy atom. The van der Waals surface area contributed by atoms with Crippen LogP contribution in [0.5, 0.6) is 0 Å². The standard InChI is InChI=1S/C20H24N4O2/c1-2-17-14-23(20(26)16-8-10-22-18(21)12-16)11-9-19(25)24(17)13-15-6-4-3-5-7-15/h3-8,10,12,17H,2,9,11,13-14H2,1H3,(H2,21,22). The summed E-state index contributed by atoms with van der Waals surface area (Å²) >= 11 is 0. The van der Waals surface area contributed by atoms with Crippen LogP contribution >= 0.6 is 0 Å². The molecule has 1 aromatic carbocycles. The fraction of sp³-hybridized carbons (Fsp3) is 0.350. The van der Waals surface area contributed by atoms with E-state index in [0.717, 1.165) is 12.0 Å². The molecule has 0 radical (unpaired) electrons. The van der Waals surface area contributed by atoms with Crippen LogP contribution in [0.3, 0.4) is 0 Å². The number of benzene rings is 1. The van der Waals surface area contributed by atoms with Crippen LogP contribution < -0.4 is 5.73 Å². The fourth-order valence-electron chi connectivity index (χ4n) is 3.32. The summed E-state index contributed by atoms with van der Waals surface area (Å²) in [7, 11) is 0. The average molecular weight is 352 g/mol. The average Bonchev–Trinajstić information content (AvgIpc) is 2.81. The molecule has 1 aliphatic rings. The number of nitrogens with zero attached hydrogens (tertiary/aromatic N) is 3. The third-order valence-corrected chi connectivity index (χ3v) is 4.77. The van der Waals surface area contributed by atoms with Gasteiger partial charge in [-0.1, -0.05) is 37.3 Å². The molecule has 2 amide bonds. The molecule has 2 aromatic rings. The molecule has 0 aliphatic carbocycles. The first kappa shape index (κ1) is 17.9. The van der Waals surface area contributed by atoms with E-state index in [1.165, 1.54) is 6.20 Å². The van der Waals surface area contributed by atoms with E-state index in [1.54, 1.807) is 17.0 Å². The number of amides is 2. The predicted molar refractivity (Wildman–Crippen MR) is 100 cm³/mol. The van der Waals surface area contributed by atoms with Crippen molar-refractivity contribution >= 4 is 17.6 Å². The van der Waals surface area contributed by atoms with Gasteiger partial charge in [0.25, 0.3) is 5.91 Å². The highest BCUT2D eigenvalue weighted by atomic mass is 16.2. The van der Waals surface area contributed by atoms with E-state index in [-0.39, 0.29) is 17.9 Å². The minimum absolute atomic E-state index is 0.00617. The lowest BCUT2D eigenvalue weighted by Crippen LogP contribution is -2.43. The molecule has 1 unspecified atom stereocenters. The summed E-state index contributed by atoms with van der Waals surface area (Å²) in [5.41, 5.74) is 7.30. The minimum Gasteiger partial charge on any atom is -0.384 e. The zero-order valence-electron chi connectivity index (χ0n) is 15.0. The van der Waals surface area contributed by atoms with Crippen molar-refractivity contribution in [1.82, 2.24) is 14.8 Å². The molecular weight excluding hydrogens is 328 g/mol. The number of pyridine rings is 1. The molecule has 1 fully saturated rings. The molecular formula is C20H24N4O2. The van der Waals surface area contributed by atoms with Gasteiger partial charge in [-0.15, -0.1) is 0 Å². The predicted octanol–water partition coefficient (Wildman–Crippen LogP) is 2.32. The van der Waals surface area contributed by atoms with Crippen LogP contribution in [0.15, 0.2) is 48.7 Å². The summed E-state index contributed by atoms with van der Waals surface area (Å²) in [6.45, 7) is 3.56. The molecule has 6 heteroatoms. The van der Waals surface area contributed by atoms with Crippen LogP contribution in [0, 0.1) is 0 Å². The molecule has 0 spiro atoms. The second kappa shape index (κ2) is 7.99. The van der Waals surface area contributed by atoms with E-state index in [2.05, 4.69) is 4.98 Å². The van der Waals surface area contributed by atoms with Crippen molar-refractivity contribution in [3.05, 3.63) is 59.8 Å². The largest absolute Gasteiger partial charge is 0.384 e. The fourth-order valence-corrected chi connectivity index (χ4v) is 3.32. The highest BCUT2D eigenvalue weighted by molar-refractivity contribution is 5.95. The molecule has 1 atom stereocenters. The molecule has 6 nitrogen and oxygen atoms in total. The van der Waals surface area contributed by atoms with Crippen molar-refractivity contribution < 1.29 is 9.59 Å². The summed E-state index contributed by atoms with van der Waals surface area (Å²) in [6, 6.07) is 13.2. The normalized spacial score (nSPS) is 17.9. The van der Waals surface area contributed by atoms with Crippen molar-refractivity contribution in [3.63, 3.8) is 0 Å². The Bertz CT molecular complexity index is 778. The number of carbonyl (C=O) groups is 2. The van der Waals surface area contributed by atoms with Crippen LogP contribution in [-0.4, -0.2) is 45.7 Å². The molecule has 2 N–H and O–H groups in total. The first-order valence-corrected chi connectivity index (χ1v) is 8.92. The summed E-state index contributed by atoms with van der Waals surface area (Å²) in [4.78, 5) is 33.2. The molecule has 3 rings (SSSR count). The number of carbonyl (C=O) groups excluding carboxylic acids is 2. The highest BCUT2D eigenvalue weighted by Gasteiger charge is 2.31. The van der Waals surface area contributed by atoms with Crippen LogP contribution in [0.4, 0.5) is 5.82 Å². The number of aromatic nitrogens is 1. The zero-order valence-corrected chi connectivity index (χ0v) is 15.0. The van der Waals surface area contributed by atoms with Crippen molar-refractivity contribution in [3.8, 4) is 0 Å². The molecule has 1 saturated heterocycles. The Morgan fingerprint density at radius 2 is 2.04 bits per heavy atom. The van der Waals surface area contributed by atoms with E-state index in [4.69, 9.17) is 5.73 Å². The van der Waals surface area contributed by atoms with Gasteiger partial charge in [0.05, 0.1) is 0 Å². The number of rotatable bonds is 4. The first-order chi connectivity index (χ1) is 12.6. The second-order valence-corrected chi connectivity index (χ2v) is 6.54. The van der Waals surface area contributed by atoms with E-state index in [9.17, 15) is 9.59 Å². The van der Waals surface area contributed by atoms with E-state index >= 15 is 0 Å². The molecule has 136 valence electrons. The third-order valence-electron chi connectivity index (χ3n) is 4.77. The summed E-state index contributed by atoms with van der Waals surface area (Å²) in [6.07, 6.45) is 2.65. The molecule has 26 heavy (non-hydrogen) atoms. The van der Waals surface area contributed by atoms with Gasteiger partial charge in [0.15, 0.2) is 0 Å². The SMILES string of the molecule is CCC1CN(C(=O)c2ccnc(N)c2)CCC(=O)N1Cc1ccccc1. The smallest absolute Gasteiger partial charge is 0.254 e.